The largest absolute Gasteiger partial charge is 0.369 e. The number of nitrogens with one attached hydrogen (secondary N) is 1. The summed E-state index contributed by atoms with van der Waals surface area (Å²) in [6.07, 6.45) is 2.01. The summed E-state index contributed by atoms with van der Waals surface area (Å²) in [5.41, 5.74) is 2.33. The van der Waals surface area contributed by atoms with Gasteiger partial charge in [-0.2, -0.15) is 0 Å². The molecule has 1 fully saturated rings. The minimum atomic E-state index is -3.34. The van der Waals surface area contributed by atoms with Gasteiger partial charge in [-0.1, -0.05) is 24.3 Å². The zero-order valence-corrected chi connectivity index (χ0v) is 15.2. The van der Waals surface area contributed by atoms with E-state index in [1.54, 1.807) is 6.07 Å². The van der Waals surface area contributed by atoms with Crippen LogP contribution < -0.4 is 10.2 Å². The molecule has 1 aliphatic heterocycles. The number of benzene rings is 2. The molecule has 5 nitrogen and oxygen atoms in total. The van der Waals surface area contributed by atoms with Gasteiger partial charge >= 0.3 is 0 Å². The summed E-state index contributed by atoms with van der Waals surface area (Å²) in [7, 11) is -3.34. The van der Waals surface area contributed by atoms with E-state index in [1.807, 2.05) is 25.1 Å². The highest BCUT2D eigenvalue weighted by Crippen LogP contribution is 2.21. The van der Waals surface area contributed by atoms with Gasteiger partial charge in [0.15, 0.2) is 9.84 Å². The van der Waals surface area contributed by atoms with E-state index in [9.17, 15) is 13.2 Å². The van der Waals surface area contributed by atoms with Crippen molar-refractivity contribution >= 4 is 21.4 Å². The average molecular weight is 358 g/mol. The standard InChI is InChI=1S/C19H22N2O3S/c1-14-8-9-17(25(2,23)24)12-18(14)19(22)20-15-10-11-21(13-15)16-6-4-3-5-7-16/h3-9,12,15H,10-11,13H2,1-2H3,(H,20,22). The van der Waals surface area contributed by atoms with Crippen molar-refractivity contribution in [3.8, 4) is 0 Å². The third-order valence-electron chi connectivity index (χ3n) is 4.53. The van der Waals surface area contributed by atoms with Gasteiger partial charge < -0.3 is 10.2 Å². The van der Waals surface area contributed by atoms with Crippen molar-refractivity contribution in [2.45, 2.75) is 24.3 Å². The Balaban J connectivity index is 1.71. The van der Waals surface area contributed by atoms with Crippen LogP contribution in [-0.4, -0.2) is 39.7 Å². The quantitative estimate of drug-likeness (QED) is 0.911. The highest BCUT2D eigenvalue weighted by atomic mass is 32.2. The van der Waals surface area contributed by atoms with E-state index in [0.717, 1.165) is 37.0 Å². The minimum absolute atomic E-state index is 0.0500. The van der Waals surface area contributed by atoms with Crippen molar-refractivity contribution in [2.24, 2.45) is 0 Å². The summed E-state index contributed by atoms with van der Waals surface area (Å²) >= 11 is 0. The van der Waals surface area contributed by atoms with Crippen LogP contribution in [0.4, 0.5) is 5.69 Å². The summed E-state index contributed by atoms with van der Waals surface area (Å²) in [5.74, 6) is -0.220. The number of nitrogens with zero attached hydrogens (tertiary/aromatic N) is 1. The molecule has 2 aromatic carbocycles. The first kappa shape index (κ1) is 17.5. The van der Waals surface area contributed by atoms with E-state index < -0.39 is 9.84 Å². The zero-order valence-electron chi connectivity index (χ0n) is 14.4. The van der Waals surface area contributed by atoms with Gasteiger partial charge in [0.2, 0.25) is 0 Å². The van der Waals surface area contributed by atoms with E-state index in [0.29, 0.717) is 5.56 Å². The molecule has 1 unspecified atom stereocenters. The molecular formula is C19H22N2O3S. The van der Waals surface area contributed by atoms with Gasteiger partial charge in [-0.3, -0.25) is 4.79 Å². The first-order valence-electron chi connectivity index (χ1n) is 8.26. The zero-order chi connectivity index (χ0) is 18.0. The lowest BCUT2D eigenvalue weighted by Gasteiger charge is -2.19. The molecule has 0 saturated carbocycles. The Bertz CT molecular complexity index is 879. The van der Waals surface area contributed by atoms with E-state index in [4.69, 9.17) is 0 Å². The fourth-order valence-electron chi connectivity index (χ4n) is 3.09. The molecule has 0 radical (unpaired) electrons. The molecule has 6 heteroatoms. The Morgan fingerprint density at radius 2 is 1.88 bits per heavy atom. The number of aryl methyl sites for hydroxylation is 1. The van der Waals surface area contributed by atoms with Gasteiger partial charge in [-0.05, 0) is 43.2 Å². The predicted octanol–water partition coefficient (Wildman–Crippen LogP) is 2.41. The third-order valence-corrected chi connectivity index (χ3v) is 5.64. The van der Waals surface area contributed by atoms with Crippen LogP contribution in [0.3, 0.4) is 0 Å². The van der Waals surface area contributed by atoms with Crippen LogP contribution >= 0.6 is 0 Å². The number of sulfone groups is 1. The molecule has 132 valence electrons. The lowest BCUT2D eigenvalue weighted by Crippen LogP contribution is -2.37. The van der Waals surface area contributed by atoms with Gasteiger partial charge in [0, 0.05) is 36.6 Å². The molecule has 1 heterocycles. The van der Waals surface area contributed by atoms with E-state index in [2.05, 4.69) is 22.3 Å². The van der Waals surface area contributed by atoms with E-state index >= 15 is 0 Å². The average Bonchev–Trinajstić information content (AvgIpc) is 3.03. The topological polar surface area (TPSA) is 66.5 Å². The van der Waals surface area contributed by atoms with Crippen molar-refractivity contribution in [2.75, 3.05) is 24.2 Å². The third kappa shape index (κ3) is 4.02. The molecular weight excluding hydrogens is 336 g/mol. The number of anilines is 1. The highest BCUT2D eigenvalue weighted by Gasteiger charge is 2.25. The second kappa shape index (κ2) is 6.88. The number of carbonyl (C=O) groups excluding carboxylic acids is 1. The number of rotatable bonds is 4. The number of amides is 1. The number of hydrogen-bond acceptors (Lipinski definition) is 4. The Hall–Kier alpha value is -2.34. The number of para-hydroxylation sites is 1. The fraction of sp³-hybridized carbons (Fsp3) is 0.316. The monoisotopic (exact) mass is 358 g/mol. The fourth-order valence-corrected chi connectivity index (χ4v) is 3.74. The molecule has 1 aliphatic rings. The van der Waals surface area contributed by atoms with Gasteiger partial charge in [0.1, 0.15) is 0 Å². The molecule has 0 aliphatic carbocycles. The van der Waals surface area contributed by atoms with Crippen molar-refractivity contribution in [1.29, 1.82) is 0 Å². The minimum Gasteiger partial charge on any atom is -0.369 e. The van der Waals surface area contributed by atoms with Crippen LogP contribution in [0.5, 0.6) is 0 Å². The van der Waals surface area contributed by atoms with Crippen LogP contribution in [0.25, 0.3) is 0 Å². The maximum Gasteiger partial charge on any atom is 0.251 e. The van der Waals surface area contributed by atoms with E-state index in [-0.39, 0.29) is 16.8 Å². The summed E-state index contributed by atoms with van der Waals surface area (Å²) in [6.45, 7) is 3.45. The second-order valence-corrected chi connectivity index (χ2v) is 8.51. The molecule has 25 heavy (non-hydrogen) atoms. The number of hydrogen-bond donors (Lipinski definition) is 1. The summed E-state index contributed by atoms with van der Waals surface area (Å²) in [6, 6.07) is 14.8. The first-order chi connectivity index (χ1) is 11.8. The molecule has 1 atom stereocenters. The predicted molar refractivity (Wildman–Crippen MR) is 98.8 cm³/mol. The smallest absolute Gasteiger partial charge is 0.251 e. The first-order valence-corrected chi connectivity index (χ1v) is 10.2. The maximum absolute atomic E-state index is 12.6. The summed E-state index contributed by atoms with van der Waals surface area (Å²) in [5, 5.41) is 3.04. The van der Waals surface area contributed by atoms with E-state index in [1.165, 1.54) is 12.1 Å². The van der Waals surface area contributed by atoms with Crippen LogP contribution in [-0.2, 0) is 9.84 Å². The van der Waals surface area contributed by atoms with Gasteiger partial charge in [-0.25, -0.2) is 8.42 Å². The van der Waals surface area contributed by atoms with Gasteiger partial charge in [0.25, 0.3) is 5.91 Å². The Kier molecular flexibility index (Phi) is 4.81. The molecule has 3 rings (SSSR count). The molecule has 0 aromatic heterocycles. The van der Waals surface area contributed by atoms with Crippen LogP contribution in [0.1, 0.15) is 22.3 Å². The normalized spacial score (nSPS) is 17.5. The molecule has 1 saturated heterocycles. The van der Waals surface area contributed by atoms with Crippen molar-refractivity contribution in [1.82, 2.24) is 5.32 Å². The Morgan fingerprint density at radius 1 is 1.16 bits per heavy atom. The van der Waals surface area contributed by atoms with Crippen molar-refractivity contribution in [3.63, 3.8) is 0 Å². The van der Waals surface area contributed by atoms with Crippen molar-refractivity contribution < 1.29 is 13.2 Å². The van der Waals surface area contributed by atoms with Crippen molar-refractivity contribution in [3.05, 3.63) is 59.7 Å². The van der Waals surface area contributed by atoms with Crippen LogP contribution in [0.2, 0.25) is 0 Å². The highest BCUT2D eigenvalue weighted by molar-refractivity contribution is 7.90. The summed E-state index contributed by atoms with van der Waals surface area (Å²) in [4.78, 5) is 15.0. The van der Waals surface area contributed by atoms with Crippen LogP contribution in [0, 0.1) is 6.92 Å². The number of carbonyl (C=O) groups is 1. The summed E-state index contributed by atoms with van der Waals surface area (Å²) < 4.78 is 23.5. The molecule has 1 N–H and O–H groups in total. The Labute approximate surface area is 148 Å². The second-order valence-electron chi connectivity index (χ2n) is 6.49. The SMILES string of the molecule is Cc1ccc(S(C)(=O)=O)cc1C(=O)NC1CCN(c2ccccc2)C1. The van der Waals surface area contributed by atoms with Crippen LogP contribution in [0.15, 0.2) is 53.4 Å². The van der Waals surface area contributed by atoms with Gasteiger partial charge in [-0.15, -0.1) is 0 Å². The maximum atomic E-state index is 12.6. The lowest BCUT2D eigenvalue weighted by atomic mass is 10.1. The molecule has 0 bridgehead atoms. The molecule has 0 spiro atoms. The molecule has 1 amide bonds. The molecule has 2 aromatic rings. The van der Waals surface area contributed by atoms with Gasteiger partial charge in [0.05, 0.1) is 4.90 Å². The lowest BCUT2D eigenvalue weighted by molar-refractivity contribution is 0.0939. The Morgan fingerprint density at radius 3 is 2.56 bits per heavy atom.